The largest absolute Gasteiger partial charge is 0.495 e. The zero-order valence-corrected chi connectivity index (χ0v) is 15.3. The lowest BCUT2D eigenvalue weighted by Crippen LogP contribution is -2.15. The summed E-state index contributed by atoms with van der Waals surface area (Å²) >= 11 is 11.7. The SMILES string of the molecule is COc1ccc(NC(=O)/C=C/c2ccc(Cl)c(Cl)c2)cc1S(N)(=O)=O. The maximum Gasteiger partial charge on any atom is 0.248 e. The average molecular weight is 401 g/mol. The minimum absolute atomic E-state index is 0.0897. The van der Waals surface area contributed by atoms with Crippen LogP contribution in [0.2, 0.25) is 10.0 Å². The number of nitrogens with one attached hydrogen (secondary N) is 1. The summed E-state index contributed by atoms with van der Waals surface area (Å²) in [5, 5.41) is 8.46. The second kappa shape index (κ2) is 7.88. The number of primary sulfonamides is 1. The maximum atomic E-state index is 12.0. The number of rotatable bonds is 5. The third-order valence-corrected chi connectivity index (χ3v) is 4.78. The maximum absolute atomic E-state index is 12.0. The van der Waals surface area contributed by atoms with E-state index in [2.05, 4.69) is 5.32 Å². The van der Waals surface area contributed by atoms with E-state index in [0.717, 1.165) is 0 Å². The van der Waals surface area contributed by atoms with Crippen LogP contribution >= 0.6 is 23.2 Å². The number of sulfonamides is 1. The highest BCUT2D eigenvalue weighted by atomic mass is 35.5. The highest BCUT2D eigenvalue weighted by molar-refractivity contribution is 7.89. The van der Waals surface area contributed by atoms with Crippen molar-refractivity contribution in [2.45, 2.75) is 4.90 Å². The zero-order chi connectivity index (χ0) is 18.6. The number of anilines is 1. The fourth-order valence-electron chi connectivity index (χ4n) is 1.95. The summed E-state index contributed by atoms with van der Waals surface area (Å²) in [5.41, 5.74) is 0.943. The van der Waals surface area contributed by atoms with Crippen molar-refractivity contribution in [2.75, 3.05) is 12.4 Å². The van der Waals surface area contributed by atoms with Gasteiger partial charge < -0.3 is 10.1 Å². The summed E-state index contributed by atoms with van der Waals surface area (Å²) in [4.78, 5) is 11.8. The fourth-order valence-corrected chi connectivity index (χ4v) is 2.98. The van der Waals surface area contributed by atoms with Gasteiger partial charge in [-0.05, 0) is 42.0 Å². The molecule has 3 N–H and O–H groups in total. The third-order valence-electron chi connectivity index (χ3n) is 3.11. The number of carbonyl (C=O) groups is 1. The van der Waals surface area contributed by atoms with Gasteiger partial charge in [-0.1, -0.05) is 29.3 Å². The van der Waals surface area contributed by atoms with Gasteiger partial charge in [0.05, 0.1) is 17.2 Å². The minimum atomic E-state index is -3.99. The summed E-state index contributed by atoms with van der Waals surface area (Å²) in [6, 6.07) is 9.05. The second-order valence-electron chi connectivity index (χ2n) is 4.91. The standard InChI is InChI=1S/C16H14Cl2N2O4S/c1-24-14-6-4-11(9-15(14)25(19,22)23)20-16(21)7-3-10-2-5-12(17)13(18)8-10/h2-9H,1H3,(H,20,21)(H2,19,22,23)/b7-3+. The number of ether oxygens (including phenoxy) is 1. The number of carbonyl (C=O) groups excluding carboxylic acids is 1. The summed E-state index contributed by atoms with van der Waals surface area (Å²) in [6.45, 7) is 0. The smallest absolute Gasteiger partial charge is 0.248 e. The molecule has 0 unspecified atom stereocenters. The molecule has 0 spiro atoms. The van der Waals surface area contributed by atoms with Crippen LogP contribution in [0, 0.1) is 0 Å². The fraction of sp³-hybridized carbons (Fsp3) is 0.0625. The van der Waals surface area contributed by atoms with Gasteiger partial charge in [0, 0.05) is 11.8 Å². The van der Waals surface area contributed by atoms with Crippen molar-refractivity contribution in [1.82, 2.24) is 0 Å². The van der Waals surface area contributed by atoms with Crippen LogP contribution in [0.5, 0.6) is 5.75 Å². The van der Waals surface area contributed by atoms with E-state index >= 15 is 0 Å². The van der Waals surface area contributed by atoms with E-state index in [4.69, 9.17) is 33.1 Å². The molecule has 0 radical (unpaired) electrons. The Morgan fingerprint density at radius 1 is 1.16 bits per heavy atom. The molecule has 0 aliphatic heterocycles. The van der Waals surface area contributed by atoms with Crippen molar-refractivity contribution >= 4 is 50.9 Å². The summed E-state index contributed by atoms with van der Waals surface area (Å²) < 4.78 is 28.1. The summed E-state index contributed by atoms with van der Waals surface area (Å²) in [6.07, 6.45) is 2.82. The normalized spacial score (nSPS) is 11.5. The van der Waals surface area contributed by atoms with Gasteiger partial charge >= 0.3 is 0 Å². The van der Waals surface area contributed by atoms with Crippen molar-refractivity contribution in [2.24, 2.45) is 5.14 Å². The van der Waals surface area contributed by atoms with Gasteiger partial charge in [0.25, 0.3) is 0 Å². The van der Waals surface area contributed by atoms with Gasteiger partial charge in [0.15, 0.2) is 0 Å². The van der Waals surface area contributed by atoms with Crippen molar-refractivity contribution in [3.8, 4) is 5.75 Å². The predicted molar refractivity (Wildman–Crippen MR) is 98.5 cm³/mol. The third kappa shape index (κ3) is 5.20. The molecule has 0 aliphatic carbocycles. The number of benzene rings is 2. The number of amides is 1. The van der Waals surface area contributed by atoms with Crippen LogP contribution in [0.4, 0.5) is 5.69 Å². The molecule has 0 aliphatic rings. The number of nitrogens with two attached hydrogens (primary N) is 1. The number of methoxy groups -OCH3 is 1. The Kier molecular flexibility index (Phi) is 6.07. The van der Waals surface area contributed by atoms with Gasteiger partial charge in [0.2, 0.25) is 15.9 Å². The predicted octanol–water partition coefficient (Wildman–Crippen LogP) is 3.30. The second-order valence-corrected chi connectivity index (χ2v) is 7.25. The van der Waals surface area contributed by atoms with Gasteiger partial charge in [-0.25, -0.2) is 13.6 Å². The van der Waals surface area contributed by atoms with Crippen molar-refractivity contribution in [3.05, 3.63) is 58.1 Å². The van der Waals surface area contributed by atoms with Crippen LogP contribution in [0.1, 0.15) is 5.56 Å². The highest BCUT2D eigenvalue weighted by Crippen LogP contribution is 2.26. The molecule has 2 rings (SSSR count). The molecule has 1 amide bonds. The van der Waals surface area contributed by atoms with Gasteiger partial charge in [-0.2, -0.15) is 0 Å². The number of halogens is 2. The quantitative estimate of drug-likeness (QED) is 0.751. The molecule has 0 saturated heterocycles. The Morgan fingerprint density at radius 3 is 2.48 bits per heavy atom. The van der Waals surface area contributed by atoms with E-state index in [9.17, 15) is 13.2 Å². The van der Waals surface area contributed by atoms with E-state index in [1.807, 2.05) is 0 Å². The first-order chi connectivity index (χ1) is 11.7. The molecular weight excluding hydrogens is 387 g/mol. The Hall–Kier alpha value is -2.06. The van der Waals surface area contributed by atoms with Crippen LogP contribution in [-0.2, 0) is 14.8 Å². The minimum Gasteiger partial charge on any atom is -0.495 e. The van der Waals surface area contributed by atoms with E-state index in [0.29, 0.717) is 15.6 Å². The lowest BCUT2D eigenvalue weighted by atomic mass is 10.2. The highest BCUT2D eigenvalue weighted by Gasteiger charge is 2.16. The Bertz CT molecular complexity index is 943. The Morgan fingerprint density at radius 2 is 1.88 bits per heavy atom. The van der Waals surface area contributed by atoms with Gasteiger partial charge in [-0.3, -0.25) is 4.79 Å². The lowest BCUT2D eigenvalue weighted by Gasteiger charge is -2.09. The first-order valence-corrected chi connectivity index (χ1v) is 9.16. The van der Waals surface area contributed by atoms with Crippen LogP contribution in [0.15, 0.2) is 47.4 Å². The van der Waals surface area contributed by atoms with Gasteiger partial charge in [-0.15, -0.1) is 0 Å². The van der Waals surface area contributed by atoms with Crippen LogP contribution in [-0.4, -0.2) is 21.4 Å². The molecule has 25 heavy (non-hydrogen) atoms. The molecule has 0 bridgehead atoms. The molecule has 0 fully saturated rings. The van der Waals surface area contributed by atoms with Crippen molar-refractivity contribution < 1.29 is 17.9 Å². The summed E-state index contributed by atoms with van der Waals surface area (Å²) in [5.74, 6) is -0.372. The van der Waals surface area contributed by atoms with Crippen LogP contribution in [0.3, 0.4) is 0 Å². The Labute approximate surface area is 155 Å². The first-order valence-electron chi connectivity index (χ1n) is 6.85. The van der Waals surface area contributed by atoms with Crippen molar-refractivity contribution in [3.63, 3.8) is 0 Å². The number of hydrogen-bond acceptors (Lipinski definition) is 4. The summed E-state index contributed by atoms with van der Waals surface area (Å²) in [7, 11) is -2.67. The van der Waals surface area contributed by atoms with E-state index < -0.39 is 15.9 Å². The molecule has 9 heteroatoms. The molecule has 2 aromatic carbocycles. The van der Waals surface area contributed by atoms with Crippen LogP contribution < -0.4 is 15.2 Å². The number of hydrogen-bond donors (Lipinski definition) is 2. The van der Waals surface area contributed by atoms with E-state index in [1.54, 1.807) is 24.3 Å². The van der Waals surface area contributed by atoms with E-state index in [-0.39, 0.29) is 16.3 Å². The molecule has 6 nitrogen and oxygen atoms in total. The first kappa shape index (κ1) is 19.3. The lowest BCUT2D eigenvalue weighted by molar-refractivity contribution is -0.111. The van der Waals surface area contributed by atoms with E-state index in [1.165, 1.54) is 31.4 Å². The molecule has 132 valence electrons. The zero-order valence-electron chi connectivity index (χ0n) is 13.0. The monoisotopic (exact) mass is 400 g/mol. The molecule has 0 saturated carbocycles. The molecule has 0 aromatic heterocycles. The molecular formula is C16H14Cl2N2O4S. The molecule has 0 heterocycles. The topological polar surface area (TPSA) is 98.5 Å². The Balaban J connectivity index is 2.17. The van der Waals surface area contributed by atoms with Crippen LogP contribution in [0.25, 0.3) is 6.08 Å². The van der Waals surface area contributed by atoms with Crippen molar-refractivity contribution in [1.29, 1.82) is 0 Å². The average Bonchev–Trinajstić information content (AvgIpc) is 2.55. The molecule has 0 atom stereocenters. The van der Waals surface area contributed by atoms with Gasteiger partial charge in [0.1, 0.15) is 10.6 Å². The molecule has 2 aromatic rings.